The summed E-state index contributed by atoms with van der Waals surface area (Å²) in [4.78, 5) is 11.0. The number of rotatable bonds is 2. The maximum atomic E-state index is 4.55. The zero-order chi connectivity index (χ0) is 12.4. The van der Waals surface area contributed by atoms with Gasteiger partial charge >= 0.3 is 0 Å². The molecule has 0 spiro atoms. The minimum atomic E-state index is 0.383. The maximum absolute atomic E-state index is 4.55. The number of guanidine groups is 1. The van der Waals surface area contributed by atoms with Gasteiger partial charge in [-0.15, -0.1) is 0 Å². The Hall–Kier alpha value is -1.78. The maximum Gasteiger partial charge on any atom is 0.220 e. The molecule has 0 saturated heterocycles. The average Bonchev–Trinajstić information content (AvgIpc) is 2.28. The number of anilines is 1. The molecule has 1 aromatic rings. The monoisotopic (exact) mass is 233 g/mol. The second kappa shape index (κ2) is 4.61. The molecule has 92 valence electrons. The molecular formula is C12H19N5. The molecule has 1 aromatic heterocycles. The van der Waals surface area contributed by atoms with Gasteiger partial charge in [-0.05, 0) is 39.8 Å². The number of nitrogens with zero attached hydrogens (tertiary/aromatic N) is 3. The molecule has 0 saturated carbocycles. The molecule has 2 heterocycles. The molecule has 0 aliphatic carbocycles. The molecule has 2 rings (SSSR count). The number of hydrogen-bond donors (Lipinski definition) is 2. The van der Waals surface area contributed by atoms with Crippen LogP contribution in [0, 0.1) is 0 Å². The number of nitrogens with one attached hydrogen (secondary N) is 2. The van der Waals surface area contributed by atoms with E-state index in [4.69, 9.17) is 0 Å². The highest BCUT2D eigenvalue weighted by atomic mass is 15.5. The van der Waals surface area contributed by atoms with Gasteiger partial charge < -0.3 is 4.90 Å². The Bertz CT molecular complexity index is 417. The van der Waals surface area contributed by atoms with E-state index in [1.54, 1.807) is 6.20 Å². The highest BCUT2D eigenvalue weighted by molar-refractivity contribution is 5.88. The van der Waals surface area contributed by atoms with Gasteiger partial charge in [0.25, 0.3) is 0 Å². The van der Waals surface area contributed by atoms with Crippen molar-refractivity contribution in [2.24, 2.45) is 4.99 Å². The molecule has 0 unspecified atom stereocenters. The van der Waals surface area contributed by atoms with Gasteiger partial charge in [-0.2, -0.15) is 4.99 Å². The summed E-state index contributed by atoms with van der Waals surface area (Å²) in [5.74, 6) is 1.55. The van der Waals surface area contributed by atoms with Crippen molar-refractivity contribution in [1.29, 1.82) is 0 Å². The van der Waals surface area contributed by atoms with Gasteiger partial charge in [-0.1, -0.05) is 0 Å². The van der Waals surface area contributed by atoms with E-state index in [1.807, 2.05) is 12.1 Å². The number of hydrazine groups is 1. The Morgan fingerprint density at radius 2 is 1.82 bits per heavy atom. The highest BCUT2D eigenvalue weighted by Crippen LogP contribution is 2.24. The third kappa shape index (κ3) is 2.33. The number of fused-ring (bicyclic) bond motifs is 1. The lowest BCUT2D eigenvalue weighted by molar-refractivity contribution is 0.283. The summed E-state index contributed by atoms with van der Waals surface area (Å²) in [5.41, 5.74) is 7.15. The summed E-state index contributed by atoms with van der Waals surface area (Å²) in [6.07, 6.45) is 1.75. The van der Waals surface area contributed by atoms with E-state index < -0.39 is 0 Å². The normalized spacial score (nSPS) is 13.9. The Morgan fingerprint density at radius 1 is 1.12 bits per heavy atom. The average molecular weight is 233 g/mol. The van der Waals surface area contributed by atoms with E-state index in [2.05, 4.69) is 53.4 Å². The molecule has 0 bridgehead atoms. The molecule has 1 aliphatic rings. The zero-order valence-electron chi connectivity index (χ0n) is 10.7. The highest BCUT2D eigenvalue weighted by Gasteiger charge is 2.21. The largest absolute Gasteiger partial charge is 0.336 e. The molecule has 5 heteroatoms. The van der Waals surface area contributed by atoms with E-state index in [1.165, 1.54) is 0 Å². The molecule has 0 amide bonds. The lowest BCUT2D eigenvalue weighted by Gasteiger charge is -2.35. The summed E-state index contributed by atoms with van der Waals surface area (Å²) < 4.78 is 0. The van der Waals surface area contributed by atoms with Crippen molar-refractivity contribution >= 4 is 17.5 Å². The lowest BCUT2D eigenvalue weighted by atomic mass is 10.2. The van der Waals surface area contributed by atoms with E-state index in [-0.39, 0.29) is 0 Å². The van der Waals surface area contributed by atoms with Crippen LogP contribution in [0.1, 0.15) is 27.7 Å². The molecular weight excluding hydrogens is 214 g/mol. The van der Waals surface area contributed by atoms with Gasteiger partial charge in [-0.3, -0.25) is 10.9 Å². The summed E-state index contributed by atoms with van der Waals surface area (Å²) >= 11 is 0. The van der Waals surface area contributed by atoms with E-state index >= 15 is 0 Å². The zero-order valence-corrected chi connectivity index (χ0v) is 10.7. The first kappa shape index (κ1) is 11.7. The standard InChI is InChI=1S/C12H19N5/c1-8(2)17(9(3)4)12-14-11-10(15-16-12)6-5-7-13-11/h5-9,15H,1-4H3,(H,13,14,16). The van der Waals surface area contributed by atoms with Crippen LogP contribution in [-0.4, -0.2) is 27.9 Å². The van der Waals surface area contributed by atoms with Crippen molar-refractivity contribution in [3.05, 3.63) is 18.3 Å². The molecule has 2 N–H and O–H groups in total. The van der Waals surface area contributed by atoms with Crippen LogP contribution in [0.4, 0.5) is 11.5 Å². The molecule has 1 aliphatic heterocycles. The van der Waals surface area contributed by atoms with Crippen molar-refractivity contribution in [2.75, 3.05) is 5.43 Å². The summed E-state index contributed by atoms with van der Waals surface area (Å²) in [6.45, 7) is 8.60. The quantitative estimate of drug-likeness (QED) is 0.821. The van der Waals surface area contributed by atoms with Gasteiger partial charge in [0.2, 0.25) is 5.96 Å². The van der Waals surface area contributed by atoms with Crippen LogP contribution >= 0.6 is 0 Å². The van der Waals surface area contributed by atoms with E-state index in [0.29, 0.717) is 12.1 Å². The second-order valence-electron chi connectivity index (χ2n) is 4.65. The summed E-state index contributed by atoms with van der Waals surface area (Å²) in [7, 11) is 0. The first-order chi connectivity index (χ1) is 8.09. The predicted molar refractivity (Wildman–Crippen MR) is 70.2 cm³/mol. The van der Waals surface area contributed by atoms with Crippen molar-refractivity contribution in [2.45, 2.75) is 39.8 Å². The molecule has 0 radical (unpaired) electrons. The van der Waals surface area contributed by atoms with Crippen LogP contribution in [0.25, 0.3) is 0 Å². The van der Waals surface area contributed by atoms with Crippen molar-refractivity contribution in [3.8, 4) is 0 Å². The van der Waals surface area contributed by atoms with Crippen molar-refractivity contribution < 1.29 is 0 Å². The molecule has 17 heavy (non-hydrogen) atoms. The van der Waals surface area contributed by atoms with Crippen molar-refractivity contribution in [3.63, 3.8) is 0 Å². The number of pyridine rings is 1. The van der Waals surface area contributed by atoms with Gasteiger partial charge in [-0.25, -0.2) is 4.98 Å². The fourth-order valence-electron chi connectivity index (χ4n) is 2.04. The lowest BCUT2D eigenvalue weighted by Crippen LogP contribution is -2.51. The molecule has 5 nitrogen and oxygen atoms in total. The van der Waals surface area contributed by atoms with Gasteiger partial charge in [0.15, 0.2) is 5.82 Å². The molecule has 0 atom stereocenters. The minimum Gasteiger partial charge on any atom is -0.336 e. The van der Waals surface area contributed by atoms with Crippen LogP contribution in [0.2, 0.25) is 0 Å². The third-order valence-electron chi connectivity index (χ3n) is 2.66. The van der Waals surface area contributed by atoms with Gasteiger partial charge in [0, 0.05) is 18.3 Å². The number of aromatic nitrogens is 1. The minimum absolute atomic E-state index is 0.383. The number of aliphatic imine (C=N–C) groups is 1. The first-order valence-electron chi connectivity index (χ1n) is 5.93. The predicted octanol–water partition coefficient (Wildman–Crippen LogP) is 2.12. The third-order valence-corrected chi connectivity index (χ3v) is 2.66. The SMILES string of the molecule is CC(C)N(C1=Nc2ncccc2NN1)C(C)C. The molecule has 0 fully saturated rings. The van der Waals surface area contributed by atoms with E-state index in [0.717, 1.165) is 17.5 Å². The van der Waals surface area contributed by atoms with Gasteiger partial charge in [0.1, 0.15) is 0 Å². The van der Waals surface area contributed by atoms with E-state index in [9.17, 15) is 0 Å². The molecule has 0 aromatic carbocycles. The summed E-state index contributed by atoms with van der Waals surface area (Å²) in [6, 6.07) is 4.60. The Labute approximate surface area is 102 Å². The fraction of sp³-hybridized carbons (Fsp3) is 0.500. The number of hydrogen-bond acceptors (Lipinski definition) is 5. The van der Waals surface area contributed by atoms with Gasteiger partial charge in [0.05, 0.1) is 5.69 Å². The smallest absolute Gasteiger partial charge is 0.220 e. The van der Waals surface area contributed by atoms with Crippen LogP contribution in [0.3, 0.4) is 0 Å². The summed E-state index contributed by atoms with van der Waals surface area (Å²) in [5, 5.41) is 0. The first-order valence-corrected chi connectivity index (χ1v) is 5.93. The van der Waals surface area contributed by atoms with Crippen LogP contribution in [0.15, 0.2) is 23.3 Å². The van der Waals surface area contributed by atoms with Crippen LogP contribution in [0.5, 0.6) is 0 Å². The van der Waals surface area contributed by atoms with Crippen LogP contribution < -0.4 is 10.9 Å². The Morgan fingerprint density at radius 3 is 2.47 bits per heavy atom. The topological polar surface area (TPSA) is 52.6 Å². The van der Waals surface area contributed by atoms with Crippen LogP contribution in [-0.2, 0) is 0 Å². The Kier molecular flexibility index (Phi) is 3.17. The van der Waals surface area contributed by atoms with Crippen molar-refractivity contribution in [1.82, 2.24) is 15.3 Å². The Balaban J connectivity index is 2.32. The second-order valence-corrected chi connectivity index (χ2v) is 4.65. The fourth-order valence-corrected chi connectivity index (χ4v) is 2.04.